The maximum Gasteiger partial charge on any atom is 0.319 e. The molecule has 3 heterocycles. The molecule has 3 aromatic rings. The number of amides is 2. The third-order valence-corrected chi connectivity index (χ3v) is 8.15. The standard InChI is InChI=1S/C30H22N2O9/c1-14-3-6-17-19-12-18(15-4-8-22-24(10-15)40-13-39-22)25-27(26(19)30(35)41-23(17)9-14)29(34)31(28(25)33)20-7-5-16(38-2)11-21(20)32(36)37/h3-12,18,25-27H,13H2,1-2H3/t18-,25+,26+,27-/m0/s1. The molecule has 7 rings (SSSR count). The minimum absolute atomic E-state index is 0.0591. The van der Waals surface area contributed by atoms with Crippen molar-refractivity contribution >= 4 is 34.7 Å². The number of nitrogens with zero attached hydrogens (tertiary/aromatic N) is 2. The molecule has 4 atom stereocenters. The molecule has 206 valence electrons. The van der Waals surface area contributed by atoms with Crippen LogP contribution in [0.4, 0.5) is 11.4 Å². The van der Waals surface area contributed by atoms with Crippen molar-refractivity contribution in [2.45, 2.75) is 12.8 Å². The van der Waals surface area contributed by atoms with Gasteiger partial charge in [0.05, 0.1) is 35.9 Å². The van der Waals surface area contributed by atoms with Crippen LogP contribution in [0.25, 0.3) is 5.57 Å². The van der Waals surface area contributed by atoms with E-state index in [9.17, 15) is 24.5 Å². The number of allylic oxidation sites excluding steroid dienone is 1. The highest BCUT2D eigenvalue weighted by atomic mass is 16.7. The Balaban J connectivity index is 1.42. The van der Waals surface area contributed by atoms with Gasteiger partial charge in [0.2, 0.25) is 18.6 Å². The number of hydrogen-bond acceptors (Lipinski definition) is 9. The Labute approximate surface area is 233 Å². The highest BCUT2D eigenvalue weighted by molar-refractivity contribution is 6.25. The minimum Gasteiger partial charge on any atom is -0.496 e. The predicted octanol–water partition coefficient (Wildman–Crippen LogP) is 4.16. The summed E-state index contributed by atoms with van der Waals surface area (Å²) in [5.74, 6) is -4.28. The number of rotatable bonds is 4. The first-order chi connectivity index (χ1) is 19.8. The van der Waals surface area contributed by atoms with Crippen LogP contribution in [0.3, 0.4) is 0 Å². The molecule has 2 amide bonds. The van der Waals surface area contributed by atoms with Gasteiger partial charge in [0.15, 0.2) is 11.5 Å². The van der Waals surface area contributed by atoms with E-state index >= 15 is 0 Å². The normalized spacial score (nSPS) is 23.8. The number of fused-ring (bicyclic) bond motifs is 6. The van der Waals surface area contributed by atoms with E-state index in [2.05, 4.69) is 0 Å². The summed E-state index contributed by atoms with van der Waals surface area (Å²) >= 11 is 0. The molecule has 0 aromatic heterocycles. The Morgan fingerprint density at radius 3 is 2.49 bits per heavy atom. The molecule has 1 saturated heterocycles. The van der Waals surface area contributed by atoms with Gasteiger partial charge in [0.1, 0.15) is 17.2 Å². The number of anilines is 1. The molecule has 0 saturated carbocycles. The maximum absolute atomic E-state index is 14.2. The van der Waals surface area contributed by atoms with Gasteiger partial charge >= 0.3 is 5.97 Å². The molecule has 0 unspecified atom stereocenters. The summed E-state index contributed by atoms with van der Waals surface area (Å²) in [5.41, 5.74) is 2.14. The Morgan fingerprint density at radius 2 is 1.71 bits per heavy atom. The fraction of sp³-hybridized carbons (Fsp3) is 0.233. The largest absolute Gasteiger partial charge is 0.496 e. The quantitative estimate of drug-likeness (QED) is 0.153. The number of imide groups is 1. The fourth-order valence-electron chi connectivity index (χ4n) is 6.32. The van der Waals surface area contributed by atoms with Crippen molar-refractivity contribution in [3.63, 3.8) is 0 Å². The summed E-state index contributed by atoms with van der Waals surface area (Å²) in [7, 11) is 1.36. The number of nitro groups is 1. The first kappa shape index (κ1) is 24.8. The average Bonchev–Trinajstić information content (AvgIpc) is 3.53. The zero-order valence-corrected chi connectivity index (χ0v) is 21.9. The summed E-state index contributed by atoms with van der Waals surface area (Å²) in [6.07, 6.45) is 1.84. The lowest BCUT2D eigenvalue weighted by Gasteiger charge is -2.38. The topological polar surface area (TPSA) is 135 Å². The predicted molar refractivity (Wildman–Crippen MR) is 143 cm³/mol. The lowest BCUT2D eigenvalue weighted by atomic mass is 9.64. The molecule has 3 aromatic carbocycles. The fourth-order valence-corrected chi connectivity index (χ4v) is 6.32. The van der Waals surface area contributed by atoms with Crippen molar-refractivity contribution in [2.24, 2.45) is 17.8 Å². The van der Waals surface area contributed by atoms with Gasteiger partial charge in [0.25, 0.3) is 5.69 Å². The first-order valence-corrected chi connectivity index (χ1v) is 12.9. The molecule has 1 aliphatic carbocycles. The van der Waals surface area contributed by atoms with Crippen LogP contribution in [0, 0.1) is 34.8 Å². The number of ether oxygens (including phenoxy) is 4. The monoisotopic (exact) mass is 554 g/mol. The molecular weight excluding hydrogens is 532 g/mol. The second-order valence-electron chi connectivity index (χ2n) is 10.3. The van der Waals surface area contributed by atoms with Gasteiger partial charge in [-0.3, -0.25) is 24.5 Å². The van der Waals surface area contributed by atoms with E-state index in [-0.39, 0.29) is 18.2 Å². The van der Waals surface area contributed by atoms with Gasteiger partial charge in [0, 0.05) is 11.5 Å². The lowest BCUT2D eigenvalue weighted by molar-refractivity contribution is -0.384. The minimum atomic E-state index is -1.15. The number of carbonyl (C=O) groups is 3. The van der Waals surface area contributed by atoms with Gasteiger partial charge in [-0.15, -0.1) is 0 Å². The summed E-state index contributed by atoms with van der Waals surface area (Å²) in [6, 6.07) is 14.7. The average molecular weight is 555 g/mol. The first-order valence-electron chi connectivity index (χ1n) is 12.9. The van der Waals surface area contributed by atoms with Crippen molar-refractivity contribution in [1.29, 1.82) is 0 Å². The summed E-state index contributed by atoms with van der Waals surface area (Å²) in [5, 5.41) is 12.0. The van der Waals surface area contributed by atoms with E-state index in [4.69, 9.17) is 18.9 Å². The van der Waals surface area contributed by atoms with Crippen LogP contribution in [-0.2, 0) is 14.4 Å². The number of methoxy groups -OCH3 is 1. The van der Waals surface area contributed by atoms with E-state index in [1.165, 1.54) is 19.2 Å². The molecular formula is C30H22N2O9. The molecule has 11 heteroatoms. The second-order valence-corrected chi connectivity index (χ2v) is 10.3. The number of aryl methyl sites for hydroxylation is 1. The van der Waals surface area contributed by atoms with Crippen LogP contribution in [-0.4, -0.2) is 36.6 Å². The number of nitro benzene ring substituents is 1. The third kappa shape index (κ3) is 3.62. The van der Waals surface area contributed by atoms with Crippen molar-refractivity contribution in [3.8, 4) is 23.0 Å². The van der Waals surface area contributed by atoms with Gasteiger partial charge in [-0.05, 0) is 54.0 Å². The highest BCUT2D eigenvalue weighted by Gasteiger charge is 2.61. The van der Waals surface area contributed by atoms with Crippen molar-refractivity contribution in [2.75, 3.05) is 18.8 Å². The second kappa shape index (κ2) is 8.91. The number of hydrogen-bond donors (Lipinski definition) is 0. The van der Waals surface area contributed by atoms with Crippen molar-refractivity contribution in [3.05, 3.63) is 87.5 Å². The van der Waals surface area contributed by atoms with Gasteiger partial charge < -0.3 is 18.9 Å². The molecule has 41 heavy (non-hydrogen) atoms. The van der Waals surface area contributed by atoms with E-state index in [0.717, 1.165) is 16.5 Å². The number of benzene rings is 3. The highest BCUT2D eigenvalue weighted by Crippen LogP contribution is 2.56. The summed E-state index contributed by atoms with van der Waals surface area (Å²) in [4.78, 5) is 54.0. The Bertz CT molecular complexity index is 1730. The summed E-state index contributed by atoms with van der Waals surface area (Å²) < 4.78 is 21.8. The van der Waals surface area contributed by atoms with Crippen LogP contribution in [0.5, 0.6) is 23.0 Å². The Morgan fingerprint density at radius 1 is 0.927 bits per heavy atom. The summed E-state index contributed by atoms with van der Waals surface area (Å²) in [6.45, 7) is 1.93. The van der Waals surface area contributed by atoms with Gasteiger partial charge in [-0.1, -0.05) is 24.3 Å². The van der Waals surface area contributed by atoms with Gasteiger partial charge in [-0.25, -0.2) is 4.90 Å². The molecule has 3 aliphatic heterocycles. The zero-order chi connectivity index (χ0) is 28.6. The maximum atomic E-state index is 14.2. The molecule has 0 N–H and O–H groups in total. The molecule has 4 aliphatic rings. The molecule has 0 bridgehead atoms. The van der Waals surface area contributed by atoms with Crippen molar-refractivity contribution in [1.82, 2.24) is 0 Å². The molecule has 0 radical (unpaired) electrons. The van der Waals surface area contributed by atoms with E-state index < -0.39 is 52.1 Å². The van der Waals surface area contributed by atoms with E-state index in [0.29, 0.717) is 33.9 Å². The number of esters is 1. The SMILES string of the molecule is COc1ccc(N2C(=O)[C@@H]3[C@@H]4C(=O)Oc5cc(C)ccc5C4=C[C@@H](c4ccc5c(c4)OCO5)[C@H]3C2=O)c([N+](=O)[O-])c1. The van der Waals surface area contributed by atoms with Gasteiger partial charge in [-0.2, -0.15) is 0 Å². The van der Waals surface area contributed by atoms with Crippen LogP contribution in [0.2, 0.25) is 0 Å². The van der Waals surface area contributed by atoms with Crippen LogP contribution in [0.1, 0.15) is 22.6 Å². The van der Waals surface area contributed by atoms with E-state index in [1.54, 1.807) is 24.3 Å². The third-order valence-electron chi connectivity index (χ3n) is 8.15. The van der Waals surface area contributed by atoms with Crippen LogP contribution < -0.4 is 23.8 Å². The van der Waals surface area contributed by atoms with Crippen LogP contribution in [0.15, 0.2) is 60.7 Å². The number of carbonyl (C=O) groups excluding carboxylic acids is 3. The molecule has 0 spiro atoms. The van der Waals surface area contributed by atoms with E-state index in [1.807, 2.05) is 25.1 Å². The smallest absolute Gasteiger partial charge is 0.319 e. The van der Waals surface area contributed by atoms with Crippen LogP contribution >= 0.6 is 0 Å². The lowest BCUT2D eigenvalue weighted by Crippen LogP contribution is -2.42. The Hall–Kier alpha value is -5.19. The zero-order valence-electron chi connectivity index (χ0n) is 21.9. The Kier molecular flexibility index (Phi) is 5.40. The molecule has 1 fully saturated rings. The van der Waals surface area contributed by atoms with Crippen molar-refractivity contribution < 1.29 is 38.3 Å². The molecule has 11 nitrogen and oxygen atoms in total.